The van der Waals surface area contributed by atoms with Crippen molar-refractivity contribution in [3.8, 4) is 11.5 Å². The van der Waals surface area contributed by atoms with Crippen LogP contribution in [0.15, 0.2) is 60.4 Å². The van der Waals surface area contributed by atoms with Crippen molar-refractivity contribution in [2.45, 2.75) is 46.5 Å². The Morgan fingerprint density at radius 3 is 2.30 bits per heavy atom. The molecule has 0 radical (unpaired) electrons. The molecule has 27 heavy (non-hydrogen) atoms. The van der Waals surface area contributed by atoms with Crippen molar-refractivity contribution >= 4 is 11.9 Å². The highest BCUT2D eigenvalue weighted by atomic mass is 16.5. The number of allylic oxidation sites excluding steroid dienone is 3. The molecule has 2 aromatic carbocycles. The molecule has 3 nitrogen and oxygen atoms in total. The van der Waals surface area contributed by atoms with E-state index in [1.807, 2.05) is 32.1 Å². The lowest BCUT2D eigenvalue weighted by molar-refractivity contribution is 0.104. The molecule has 0 aliphatic carbocycles. The van der Waals surface area contributed by atoms with Crippen molar-refractivity contribution in [3.63, 3.8) is 0 Å². The van der Waals surface area contributed by atoms with Crippen LogP contribution in [0.2, 0.25) is 0 Å². The third kappa shape index (κ3) is 5.58. The van der Waals surface area contributed by atoms with Crippen molar-refractivity contribution in [2.24, 2.45) is 0 Å². The van der Waals surface area contributed by atoms with Gasteiger partial charge in [0.15, 0.2) is 5.78 Å². The van der Waals surface area contributed by atoms with Gasteiger partial charge in [0.05, 0.1) is 11.3 Å². The van der Waals surface area contributed by atoms with E-state index in [9.17, 15) is 9.90 Å². The number of phenols is 1. The minimum atomic E-state index is -0.249. The van der Waals surface area contributed by atoms with Gasteiger partial charge in [0.1, 0.15) is 11.5 Å². The monoisotopic (exact) mass is 364 g/mol. The fourth-order valence-electron chi connectivity index (χ4n) is 2.63. The molecule has 0 aliphatic heterocycles. The van der Waals surface area contributed by atoms with Gasteiger partial charge in [-0.1, -0.05) is 58.0 Å². The summed E-state index contributed by atoms with van der Waals surface area (Å²) in [6.07, 6.45) is 5.87. The van der Waals surface area contributed by atoms with E-state index in [0.717, 1.165) is 17.7 Å². The molecule has 2 aromatic rings. The van der Waals surface area contributed by atoms with Crippen LogP contribution in [0.1, 0.15) is 62.5 Å². The van der Waals surface area contributed by atoms with E-state index in [1.54, 1.807) is 18.2 Å². The van der Waals surface area contributed by atoms with E-state index in [4.69, 9.17) is 4.74 Å². The Morgan fingerprint density at radius 1 is 1.11 bits per heavy atom. The molecular formula is C24H28O3. The molecule has 0 spiro atoms. The Kier molecular flexibility index (Phi) is 6.62. The van der Waals surface area contributed by atoms with Gasteiger partial charge in [-0.05, 0) is 47.8 Å². The summed E-state index contributed by atoms with van der Waals surface area (Å²) in [5.74, 6) is 0.991. The number of hydrogen-bond donors (Lipinski definition) is 1. The molecule has 0 aromatic heterocycles. The summed E-state index contributed by atoms with van der Waals surface area (Å²) in [5.41, 5.74) is 2.53. The van der Waals surface area contributed by atoms with Crippen molar-refractivity contribution in [2.75, 3.05) is 0 Å². The first kappa shape index (κ1) is 20.5. The standard InChI is InChI=1S/C24H28O3/c1-6-19(7-2)27-20-13-14-21(23(26)16-20)22(25)15-10-17-8-11-18(12-9-17)24(3,4)5/h6,8-16,26H,7H2,1-5H3. The molecule has 3 heteroatoms. The molecule has 0 saturated carbocycles. The molecule has 0 bridgehead atoms. The lowest BCUT2D eigenvalue weighted by Gasteiger charge is -2.18. The maximum absolute atomic E-state index is 12.4. The average molecular weight is 364 g/mol. The first-order valence-corrected chi connectivity index (χ1v) is 9.23. The molecular weight excluding hydrogens is 336 g/mol. The highest BCUT2D eigenvalue weighted by Crippen LogP contribution is 2.26. The summed E-state index contributed by atoms with van der Waals surface area (Å²) in [7, 11) is 0. The van der Waals surface area contributed by atoms with Crippen LogP contribution >= 0.6 is 0 Å². The van der Waals surface area contributed by atoms with Gasteiger partial charge in [-0.2, -0.15) is 0 Å². The fraction of sp³-hybridized carbons (Fsp3) is 0.292. The number of carbonyl (C=O) groups is 1. The lowest BCUT2D eigenvalue weighted by atomic mass is 9.87. The highest BCUT2D eigenvalue weighted by Gasteiger charge is 2.13. The molecule has 1 N–H and O–H groups in total. The Morgan fingerprint density at radius 2 is 1.78 bits per heavy atom. The second-order valence-electron chi connectivity index (χ2n) is 7.46. The highest BCUT2D eigenvalue weighted by molar-refractivity contribution is 6.08. The van der Waals surface area contributed by atoms with Gasteiger partial charge in [0.2, 0.25) is 0 Å². The van der Waals surface area contributed by atoms with Crippen molar-refractivity contribution in [1.29, 1.82) is 0 Å². The van der Waals surface area contributed by atoms with Gasteiger partial charge in [-0.15, -0.1) is 0 Å². The predicted molar refractivity (Wildman–Crippen MR) is 111 cm³/mol. The third-order valence-electron chi connectivity index (χ3n) is 4.36. The summed E-state index contributed by atoms with van der Waals surface area (Å²) in [6, 6.07) is 12.9. The summed E-state index contributed by atoms with van der Waals surface area (Å²) >= 11 is 0. The number of ketones is 1. The molecule has 0 saturated heterocycles. The van der Waals surface area contributed by atoms with E-state index in [0.29, 0.717) is 5.75 Å². The molecule has 0 unspecified atom stereocenters. The summed E-state index contributed by atoms with van der Waals surface area (Å²) in [6.45, 7) is 10.4. The van der Waals surface area contributed by atoms with Crippen molar-refractivity contribution < 1.29 is 14.6 Å². The lowest BCUT2D eigenvalue weighted by Crippen LogP contribution is -2.10. The molecule has 0 fully saturated rings. The summed E-state index contributed by atoms with van der Waals surface area (Å²) < 4.78 is 5.67. The predicted octanol–water partition coefficient (Wildman–Crippen LogP) is 6.28. The van der Waals surface area contributed by atoms with Crippen LogP contribution in [-0.2, 0) is 5.41 Å². The van der Waals surface area contributed by atoms with Gasteiger partial charge in [0.25, 0.3) is 0 Å². The van der Waals surface area contributed by atoms with Crippen molar-refractivity contribution in [3.05, 3.63) is 77.1 Å². The number of rotatable bonds is 6. The SMILES string of the molecule is CC=C(CC)Oc1ccc(C(=O)C=Cc2ccc(C(C)(C)C)cc2)c(O)c1. The Labute approximate surface area is 162 Å². The zero-order chi connectivity index (χ0) is 20.0. The Bertz CT molecular complexity index is 850. The van der Waals surface area contributed by atoms with E-state index >= 15 is 0 Å². The van der Waals surface area contributed by atoms with Crippen LogP contribution in [0.25, 0.3) is 6.08 Å². The topological polar surface area (TPSA) is 46.5 Å². The Balaban J connectivity index is 2.12. The van der Waals surface area contributed by atoms with Crippen LogP contribution in [0.3, 0.4) is 0 Å². The second kappa shape index (κ2) is 8.72. The number of ether oxygens (including phenoxy) is 1. The quantitative estimate of drug-likeness (QED) is 0.373. The van der Waals surface area contributed by atoms with E-state index in [2.05, 4.69) is 32.9 Å². The number of aromatic hydroxyl groups is 1. The largest absolute Gasteiger partial charge is 0.507 e. The Hall–Kier alpha value is -2.81. The van der Waals surface area contributed by atoms with Gasteiger partial charge in [-0.25, -0.2) is 0 Å². The molecule has 0 atom stereocenters. The summed E-state index contributed by atoms with van der Waals surface area (Å²) in [4.78, 5) is 12.4. The van der Waals surface area contributed by atoms with Crippen LogP contribution in [0.5, 0.6) is 11.5 Å². The number of carbonyl (C=O) groups excluding carboxylic acids is 1. The normalized spacial score (nSPS) is 12.4. The van der Waals surface area contributed by atoms with E-state index in [-0.39, 0.29) is 22.5 Å². The van der Waals surface area contributed by atoms with Crippen molar-refractivity contribution in [1.82, 2.24) is 0 Å². The smallest absolute Gasteiger partial charge is 0.189 e. The first-order chi connectivity index (χ1) is 12.7. The number of benzene rings is 2. The van der Waals surface area contributed by atoms with E-state index in [1.165, 1.54) is 17.7 Å². The molecule has 0 amide bonds. The third-order valence-corrected chi connectivity index (χ3v) is 4.36. The fourth-order valence-corrected chi connectivity index (χ4v) is 2.63. The molecule has 142 valence electrons. The van der Waals surface area contributed by atoms with Gasteiger partial charge in [0, 0.05) is 12.5 Å². The van der Waals surface area contributed by atoms with E-state index < -0.39 is 0 Å². The van der Waals surface area contributed by atoms with Crippen LogP contribution in [-0.4, -0.2) is 10.9 Å². The molecule has 0 heterocycles. The summed E-state index contributed by atoms with van der Waals surface area (Å²) in [5, 5.41) is 10.2. The van der Waals surface area contributed by atoms with Gasteiger partial charge >= 0.3 is 0 Å². The van der Waals surface area contributed by atoms with Gasteiger partial charge in [-0.3, -0.25) is 4.79 Å². The molecule has 2 rings (SSSR count). The van der Waals surface area contributed by atoms with Crippen LogP contribution in [0, 0.1) is 0 Å². The molecule has 0 aliphatic rings. The van der Waals surface area contributed by atoms with Gasteiger partial charge < -0.3 is 9.84 Å². The van der Waals surface area contributed by atoms with Crippen LogP contribution in [0.4, 0.5) is 0 Å². The number of hydrogen-bond acceptors (Lipinski definition) is 3. The average Bonchev–Trinajstić information content (AvgIpc) is 2.64. The second-order valence-corrected chi connectivity index (χ2v) is 7.46. The maximum atomic E-state index is 12.4. The first-order valence-electron chi connectivity index (χ1n) is 9.23. The minimum absolute atomic E-state index is 0.0863. The van der Waals surface area contributed by atoms with Crippen LogP contribution < -0.4 is 4.74 Å². The maximum Gasteiger partial charge on any atom is 0.189 e. The zero-order valence-corrected chi connectivity index (χ0v) is 16.7. The number of phenolic OH excluding ortho intramolecular Hbond substituents is 1. The zero-order valence-electron chi connectivity index (χ0n) is 16.7. The minimum Gasteiger partial charge on any atom is -0.507 e.